The monoisotopic (exact) mass is 220 g/mol. The third-order valence-corrected chi connectivity index (χ3v) is 3.34. The Morgan fingerprint density at radius 2 is 2.00 bits per heavy atom. The van der Waals surface area contributed by atoms with Gasteiger partial charge in [-0.2, -0.15) is 0 Å². The smallest absolute Gasteiger partial charge is 0.142 e. The maximum absolute atomic E-state index is 5.34. The second kappa shape index (κ2) is 5.16. The van der Waals surface area contributed by atoms with Gasteiger partial charge in [-0.05, 0) is 30.9 Å². The first-order chi connectivity index (χ1) is 7.79. The SMILES string of the molecule is CC1CCCCC1Nc1cccc(NN)n1. The molecule has 4 heteroatoms. The van der Waals surface area contributed by atoms with Crippen molar-refractivity contribution in [1.29, 1.82) is 0 Å². The predicted molar refractivity (Wildman–Crippen MR) is 67.1 cm³/mol. The molecule has 2 unspecified atom stereocenters. The van der Waals surface area contributed by atoms with Crippen molar-refractivity contribution in [3.8, 4) is 0 Å². The fourth-order valence-corrected chi connectivity index (χ4v) is 2.32. The Hall–Kier alpha value is -1.29. The van der Waals surface area contributed by atoms with Crippen molar-refractivity contribution >= 4 is 11.6 Å². The van der Waals surface area contributed by atoms with E-state index in [-0.39, 0.29) is 0 Å². The van der Waals surface area contributed by atoms with Crippen molar-refractivity contribution in [2.24, 2.45) is 11.8 Å². The van der Waals surface area contributed by atoms with Crippen LogP contribution in [0.2, 0.25) is 0 Å². The van der Waals surface area contributed by atoms with Crippen LogP contribution in [-0.2, 0) is 0 Å². The van der Waals surface area contributed by atoms with Crippen LogP contribution in [0.15, 0.2) is 18.2 Å². The number of aromatic nitrogens is 1. The standard InChI is InChI=1S/C12H20N4/c1-9-5-2-3-6-10(9)14-11-7-4-8-12(15-11)16-13/h4,7-10H,2-3,5-6,13H2,1H3,(H2,14,15,16). The maximum Gasteiger partial charge on any atom is 0.142 e. The third kappa shape index (κ3) is 2.64. The molecule has 2 atom stereocenters. The van der Waals surface area contributed by atoms with E-state index in [0.717, 1.165) is 11.7 Å². The first kappa shape index (κ1) is 11.2. The fourth-order valence-electron chi connectivity index (χ4n) is 2.32. The summed E-state index contributed by atoms with van der Waals surface area (Å²) in [6.07, 6.45) is 5.23. The highest BCUT2D eigenvalue weighted by Gasteiger charge is 2.21. The number of nitrogens with one attached hydrogen (secondary N) is 2. The minimum atomic E-state index is 0.550. The lowest BCUT2D eigenvalue weighted by molar-refractivity contribution is 0.349. The normalized spacial score (nSPS) is 25.1. The Kier molecular flexibility index (Phi) is 3.62. The first-order valence-corrected chi connectivity index (χ1v) is 6.00. The van der Waals surface area contributed by atoms with Crippen LogP contribution in [0, 0.1) is 5.92 Å². The molecule has 0 aromatic carbocycles. The largest absolute Gasteiger partial charge is 0.367 e. The summed E-state index contributed by atoms with van der Waals surface area (Å²) in [4.78, 5) is 4.37. The Balaban J connectivity index is 2.01. The highest BCUT2D eigenvalue weighted by molar-refractivity contribution is 5.45. The first-order valence-electron chi connectivity index (χ1n) is 6.00. The molecular formula is C12H20N4. The Morgan fingerprint density at radius 1 is 1.25 bits per heavy atom. The zero-order chi connectivity index (χ0) is 11.4. The number of hydrogen-bond acceptors (Lipinski definition) is 4. The van der Waals surface area contributed by atoms with Gasteiger partial charge in [0.05, 0.1) is 0 Å². The summed E-state index contributed by atoms with van der Waals surface area (Å²) in [7, 11) is 0. The molecule has 1 aliphatic carbocycles. The molecule has 1 fully saturated rings. The van der Waals surface area contributed by atoms with E-state index in [1.807, 2.05) is 18.2 Å². The summed E-state index contributed by atoms with van der Waals surface area (Å²) in [5.74, 6) is 7.68. The molecule has 0 radical (unpaired) electrons. The zero-order valence-corrected chi connectivity index (χ0v) is 9.74. The molecule has 1 aromatic rings. The summed E-state index contributed by atoms with van der Waals surface area (Å²) >= 11 is 0. The fraction of sp³-hybridized carbons (Fsp3) is 0.583. The molecule has 0 bridgehead atoms. The average molecular weight is 220 g/mol. The van der Waals surface area contributed by atoms with Crippen molar-refractivity contribution in [2.45, 2.75) is 38.6 Å². The van der Waals surface area contributed by atoms with Gasteiger partial charge in [-0.3, -0.25) is 0 Å². The van der Waals surface area contributed by atoms with E-state index in [9.17, 15) is 0 Å². The molecule has 1 saturated carbocycles. The van der Waals surface area contributed by atoms with E-state index in [0.29, 0.717) is 11.9 Å². The van der Waals surface area contributed by atoms with E-state index in [1.54, 1.807) is 0 Å². The highest BCUT2D eigenvalue weighted by Crippen LogP contribution is 2.26. The van der Waals surface area contributed by atoms with Gasteiger partial charge in [-0.25, -0.2) is 10.8 Å². The molecule has 1 aliphatic rings. The Morgan fingerprint density at radius 3 is 2.75 bits per heavy atom. The lowest BCUT2D eigenvalue weighted by atomic mass is 9.86. The molecule has 0 saturated heterocycles. The van der Waals surface area contributed by atoms with Gasteiger partial charge in [0.1, 0.15) is 11.6 Å². The van der Waals surface area contributed by atoms with E-state index >= 15 is 0 Å². The van der Waals surface area contributed by atoms with Crippen LogP contribution in [0.3, 0.4) is 0 Å². The molecule has 16 heavy (non-hydrogen) atoms. The van der Waals surface area contributed by atoms with E-state index in [4.69, 9.17) is 5.84 Å². The lowest BCUT2D eigenvalue weighted by Crippen LogP contribution is -2.30. The van der Waals surface area contributed by atoms with Crippen LogP contribution in [0.5, 0.6) is 0 Å². The number of nitrogens with two attached hydrogens (primary N) is 1. The zero-order valence-electron chi connectivity index (χ0n) is 9.74. The Bertz CT molecular complexity index is 340. The van der Waals surface area contributed by atoms with Gasteiger partial charge in [-0.1, -0.05) is 25.8 Å². The average Bonchev–Trinajstić information content (AvgIpc) is 2.32. The molecule has 4 nitrogen and oxygen atoms in total. The number of hydrazine groups is 1. The summed E-state index contributed by atoms with van der Waals surface area (Å²) in [5, 5.41) is 3.50. The van der Waals surface area contributed by atoms with Crippen LogP contribution < -0.4 is 16.6 Å². The van der Waals surface area contributed by atoms with Crippen LogP contribution in [0.1, 0.15) is 32.6 Å². The minimum absolute atomic E-state index is 0.550. The maximum atomic E-state index is 5.34. The summed E-state index contributed by atoms with van der Waals surface area (Å²) in [6.45, 7) is 2.31. The molecule has 2 rings (SSSR count). The third-order valence-electron chi connectivity index (χ3n) is 3.34. The van der Waals surface area contributed by atoms with Gasteiger partial charge < -0.3 is 10.7 Å². The van der Waals surface area contributed by atoms with Crippen molar-refractivity contribution < 1.29 is 0 Å². The van der Waals surface area contributed by atoms with Crippen molar-refractivity contribution in [2.75, 3.05) is 10.7 Å². The molecule has 1 aromatic heterocycles. The number of nitrogen functional groups attached to an aromatic ring is 1. The number of hydrogen-bond donors (Lipinski definition) is 3. The van der Waals surface area contributed by atoms with Crippen LogP contribution in [0.25, 0.3) is 0 Å². The molecular weight excluding hydrogens is 200 g/mol. The summed E-state index contributed by atoms with van der Waals surface area (Å²) in [6, 6.07) is 6.35. The van der Waals surface area contributed by atoms with Crippen molar-refractivity contribution in [3.05, 3.63) is 18.2 Å². The summed E-state index contributed by atoms with van der Waals surface area (Å²) in [5.41, 5.74) is 2.56. The lowest BCUT2D eigenvalue weighted by Gasteiger charge is -2.29. The number of rotatable bonds is 3. The topological polar surface area (TPSA) is 63.0 Å². The van der Waals surface area contributed by atoms with Gasteiger partial charge in [-0.15, -0.1) is 0 Å². The molecule has 4 N–H and O–H groups in total. The van der Waals surface area contributed by atoms with Crippen molar-refractivity contribution in [3.63, 3.8) is 0 Å². The molecule has 0 spiro atoms. The van der Waals surface area contributed by atoms with Gasteiger partial charge in [0.25, 0.3) is 0 Å². The quantitative estimate of drug-likeness (QED) is 0.540. The number of anilines is 2. The second-order valence-corrected chi connectivity index (χ2v) is 4.56. The molecule has 1 heterocycles. The second-order valence-electron chi connectivity index (χ2n) is 4.56. The summed E-state index contributed by atoms with van der Waals surface area (Å²) < 4.78 is 0. The van der Waals surface area contributed by atoms with Gasteiger partial charge in [0.2, 0.25) is 0 Å². The Labute approximate surface area is 96.6 Å². The van der Waals surface area contributed by atoms with Gasteiger partial charge in [0, 0.05) is 6.04 Å². The number of nitrogens with zero attached hydrogens (tertiary/aromatic N) is 1. The van der Waals surface area contributed by atoms with Crippen molar-refractivity contribution in [1.82, 2.24) is 4.98 Å². The van der Waals surface area contributed by atoms with E-state index < -0.39 is 0 Å². The molecule has 0 amide bonds. The minimum Gasteiger partial charge on any atom is -0.367 e. The molecule has 88 valence electrons. The van der Waals surface area contributed by atoms with Gasteiger partial charge >= 0.3 is 0 Å². The van der Waals surface area contributed by atoms with Crippen LogP contribution in [0.4, 0.5) is 11.6 Å². The number of pyridine rings is 1. The van der Waals surface area contributed by atoms with E-state index in [1.165, 1.54) is 25.7 Å². The highest BCUT2D eigenvalue weighted by atomic mass is 15.3. The van der Waals surface area contributed by atoms with E-state index in [2.05, 4.69) is 22.7 Å². The predicted octanol–water partition coefficient (Wildman–Crippen LogP) is 2.36. The van der Waals surface area contributed by atoms with Crippen LogP contribution >= 0.6 is 0 Å². The van der Waals surface area contributed by atoms with Gasteiger partial charge in [0.15, 0.2) is 0 Å². The van der Waals surface area contributed by atoms with Crippen LogP contribution in [-0.4, -0.2) is 11.0 Å². The molecule has 0 aliphatic heterocycles.